The molecule has 11 nitrogen and oxygen atoms in total. The van der Waals surface area contributed by atoms with Crippen molar-refractivity contribution < 1.29 is 9.53 Å². The van der Waals surface area contributed by atoms with E-state index in [0.29, 0.717) is 30.7 Å². The zero-order valence-electron chi connectivity index (χ0n) is 22.3. The molecule has 2 aromatic carbocycles. The molecule has 2 aliphatic rings. The van der Waals surface area contributed by atoms with Gasteiger partial charge in [-0.15, -0.1) is 0 Å². The number of anilines is 1. The average Bonchev–Trinajstić information content (AvgIpc) is 3.63. The molecule has 210 valence electrons. The van der Waals surface area contributed by atoms with Gasteiger partial charge in [0.15, 0.2) is 0 Å². The number of nitrogens with zero attached hydrogens (tertiary/aromatic N) is 4. The monoisotopic (exact) mass is 570 g/mol. The summed E-state index contributed by atoms with van der Waals surface area (Å²) in [5.41, 5.74) is 1.25. The molecule has 2 atom stereocenters. The van der Waals surface area contributed by atoms with Crippen LogP contribution >= 0.6 is 12.2 Å². The maximum atomic E-state index is 13.2. The number of aliphatic imine (C=N–C) groups is 1. The number of pyridine rings is 1. The topological polar surface area (TPSA) is 135 Å². The molecule has 4 aromatic rings. The molecule has 41 heavy (non-hydrogen) atoms. The Labute approximate surface area is 241 Å². The number of ether oxygens (including phenoxy) is 1. The van der Waals surface area contributed by atoms with Gasteiger partial charge in [-0.3, -0.25) is 24.5 Å². The van der Waals surface area contributed by atoms with Crippen molar-refractivity contribution in [2.45, 2.75) is 38.1 Å². The molecule has 0 bridgehead atoms. The van der Waals surface area contributed by atoms with Crippen LogP contribution in [0, 0.1) is 0 Å². The molecule has 3 heterocycles. The highest BCUT2D eigenvalue weighted by Crippen LogP contribution is 2.22. The van der Waals surface area contributed by atoms with E-state index in [9.17, 15) is 9.59 Å². The smallest absolute Gasteiger partial charge is 0.271 e. The first-order chi connectivity index (χ1) is 20.0. The summed E-state index contributed by atoms with van der Waals surface area (Å²) in [6.07, 6.45) is 5.80. The fraction of sp³-hybridized carbons (Fsp3) is 0.310. The number of benzene rings is 2. The Morgan fingerprint density at radius 3 is 2.85 bits per heavy atom. The van der Waals surface area contributed by atoms with Gasteiger partial charge in [-0.1, -0.05) is 42.5 Å². The van der Waals surface area contributed by atoms with Crippen LogP contribution in [0.3, 0.4) is 0 Å². The first-order valence-electron chi connectivity index (χ1n) is 13.6. The van der Waals surface area contributed by atoms with E-state index in [1.54, 1.807) is 0 Å². The Balaban J connectivity index is 1.03. The molecule has 1 saturated carbocycles. The molecule has 1 aliphatic carbocycles. The fourth-order valence-corrected chi connectivity index (χ4v) is 5.29. The van der Waals surface area contributed by atoms with E-state index in [2.05, 4.69) is 36.2 Å². The van der Waals surface area contributed by atoms with Crippen LogP contribution in [0.2, 0.25) is 0 Å². The first kappa shape index (κ1) is 26.9. The zero-order chi connectivity index (χ0) is 28.2. The molecular weight excluding hydrogens is 540 g/mol. The molecule has 4 N–H and O–H groups in total. The summed E-state index contributed by atoms with van der Waals surface area (Å²) in [5.74, 6) is 0.398. The number of carbonyl (C=O) groups is 1. The Morgan fingerprint density at radius 1 is 1.12 bits per heavy atom. The van der Waals surface area contributed by atoms with Crippen molar-refractivity contribution >= 4 is 56.3 Å². The van der Waals surface area contributed by atoms with Crippen molar-refractivity contribution in [2.75, 3.05) is 25.1 Å². The summed E-state index contributed by atoms with van der Waals surface area (Å²) in [6, 6.07) is 15.8. The third kappa shape index (κ3) is 6.40. The normalized spacial score (nSPS) is 18.4. The quantitative estimate of drug-likeness (QED) is 0.168. The number of carbonyl (C=O) groups excluding carboxylic acids is 1. The number of hydrogen-bond acceptors (Lipinski definition) is 9. The number of fused-ring (bicyclic) bond motifs is 2. The van der Waals surface area contributed by atoms with E-state index in [0.717, 1.165) is 46.5 Å². The van der Waals surface area contributed by atoms with Crippen LogP contribution in [0.15, 0.2) is 70.8 Å². The first-order valence-corrected chi connectivity index (χ1v) is 14.0. The summed E-state index contributed by atoms with van der Waals surface area (Å²) in [6.45, 7) is 1.47. The maximum Gasteiger partial charge on any atom is 0.271 e. The minimum atomic E-state index is -0.384. The minimum absolute atomic E-state index is 0.125. The molecular formula is C29H30N8O3S. The predicted molar refractivity (Wildman–Crippen MR) is 162 cm³/mol. The van der Waals surface area contributed by atoms with Gasteiger partial charge in [0.2, 0.25) is 0 Å². The average molecular weight is 571 g/mol. The second-order valence-electron chi connectivity index (χ2n) is 10.1. The number of amides is 1. The highest BCUT2D eigenvalue weighted by molar-refractivity contribution is 7.80. The van der Waals surface area contributed by atoms with Crippen molar-refractivity contribution in [1.82, 2.24) is 30.5 Å². The van der Waals surface area contributed by atoms with Gasteiger partial charge in [-0.05, 0) is 48.2 Å². The van der Waals surface area contributed by atoms with Crippen LogP contribution in [0.1, 0.15) is 29.8 Å². The van der Waals surface area contributed by atoms with Crippen LogP contribution in [0.5, 0.6) is 0 Å². The van der Waals surface area contributed by atoms with Gasteiger partial charge >= 0.3 is 0 Å². The molecule has 1 amide bonds. The number of thiocarbonyl (C=S) groups is 1. The standard InChI is InChI=1S/C29H30N8O3S/c38-28(33-15-32-20-6-5-18-3-1-2-4-19(18)9-20)24-11-23-25(12-30-24)35-17-37(29(23)39)16-34-21-7-8-22(10-21)40-14-26-31-13-27(41)36-26/h1-6,9,11-12,17,21-22,32,34H,7-8,10,13-16H2,(H,33,38)(H,31,36,41). The van der Waals surface area contributed by atoms with Crippen molar-refractivity contribution in [3.63, 3.8) is 0 Å². The predicted octanol–water partition coefficient (Wildman–Crippen LogP) is 2.56. The van der Waals surface area contributed by atoms with Crippen LogP contribution in [0.4, 0.5) is 5.69 Å². The Morgan fingerprint density at radius 2 is 2.00 bits per heavy atom. The van der Waals surface area contributed by atoms with Crippen LogP contribution in [0.25, 0.3) is 21.7 Å². The summed E-state index contributed by atoms with van der Waals surface area (Å²) in [5, 5.41) is 15.1. The Bertz CT molecular complexity index is 1700. The fourth-order valence-electron chi connectivity index (χ4n) is 5.10. The van der Waals surface area contributed by atoms with Crippen molar-refractivity contribution in [3.05, 3.63) is 77.1 Å². The van der Waals surface area contributed by atoms with Gasteiger partial charge in [-0.25, -0.2) is 9.97 Å². The molecule has 6 rings (SSSR count). The SMILES string of the molecule is O=C(NCNc1ccc2ccccc2c1)c1cc2c(=O)n(CNC3CCC(OCC4=NCC(=S)N4)C3)cnc2cn1. The largest absolute Gasteiger partial charge is 0.370 e. The van der Waals surface area contributed by atoms with Crippen molar-refractivity contribution in [2.24, 2.45) is 4.99 Å². The van der Waals surface area contributed by atoms with Crippen LogP contribution in [-0.4, -0.2) is 63.2 Å². The summed E-state index contributed by atoms with van der Waals surface area (Å²) in [7, 11) is 0. The molecule has 0 saturated heterocycles. The molecule has 2 aromatic heterocycles. The summed E-state index contributed by atoms with van der Waals surface area (Å²) in [4.78, 5) is 39.6. The van der Waals surface area contributed by atoms with Gasteiger partial charge in [0.25, 0.3) is 11.5 Å². The number of aromatic nitrogens is 3. The van der Waals surface area contributed by atoms with Crippen LogP contribution in [-0.2, 0) is 11.4 Å². The Kier molecular flexibility index (Phi) is 7.94. The third-order valence-corrected chi connectivity index (χ3v) is 7.55. The molecule has 12 heteroatoms. The molecule has 2 unspecified atom stereocenters. The lowest BCUT2D eigenvalue weighted by atomic mass is 10.1. The van der Waals surface area contributed by atoms with E-state index in [1.165, 1.54) is 23.2 Å². The van der Waals surface area contributed by atoms with Gasteiger partial charge in [-0.2, -0.15) is 0 Å². The maximum absolute atomic E-state index is 13.2. The van der Waals surface area contributed by atoms with E-state index < -0.39 is 0 Å². The van der Waals surface area contributed by atoms with Crippen molar-refractivity contribution in [1.29, 1.82) is 0 Å². The van der Waals surface area contributed by atoms with Gasteiger partial charge in [0, 0.05) is 11.7 Å². The number of amidine groups is 1. The third-order valence-electron chi connectivity index (χ3n) is 7.32. The number of hydrogen-bond donors (Lipinski definition) is 4. The Hall–Kier alpha value is -4.26. The van der Waals surface area contributed by atoms with Gasteiger partial charge in [0.05, 0.1) is 49.4 Å². The van der Waals surface area contributed by atoms with Crippen molar-refractivity contribution in [3.8, 4) is 0 Å². The van der Waals surface area contributed by atoms with Crippen LogP contribution < -0.4 is 26.8 Å². The highest BCUT2D eigenvalue weighted by Gasteiger charge is 2.26. The summed E-state index contributed by atoms with van der Waals surface area (Å²) < 4.78 is 7.49. The number of rotatable bonds is 10. The summed E-state index contributed by atoms with van der Waals surface area (Å²) >= 11 is 5.10. The van der Waals surface area contributed by atoms with E-state index in [-0.39, 0.29) is 36.0 Å². The lowest BCUT2D eigenvalue weighted by molar-refractivity contribution is 0.0844. The zero-order valence-corrected chi connectivity index (χ0v) is 23.1. The molecule has 0 radical (unpaired) electrons. The minimum Gasteiger partial charge on any atom is -0.370 e. The highest BCUT2D eigenvalue weighted by atomic mass is 32.1. The molecule has 1 aliphatic heterocycles. The van der Waals surface area contributed by atoms with Gasteiger partial charge < -0.3 is 20.7 Å². The van der Waals surface area contributed by atoms with Gasteiger partial charge in [0.1, 0.15) is 23.1 Å². The van der Waals surface area contributed by atoms with E-state index >= 15 is 0 Å². The van der Waals surface area contributed by atoms with E-state index in [4.69, 9.17) is 17.0 Å². The lowest BCUT2D eigenvalue weighted by Crippen LogP contribution is -2.35. The number of nitrogens with one attached hydrogen (secondary N) is 4. The molecule has 1 fully saturated rings. The van der Waals surface area contributed by atoms with E-state index in [1.807, 2.05) is 42.5 Å². The molecule has 0 spiro atoms. The second kappa shape index (κ2) is 12.1. The second-order valence-corrected chi connectivity index (χ2v) is 10.6. The lowest BCUT2D eigenvalue weighted by Gasteiger charge is -2.15.